The van der Waals surface area contributed by atoms with Gasteiger partial charge in [0, 0.05) is 19.4 Å². The first-order chi connectivity index (χ1) is 12.5. The molecule has 2 radical (unpaired) electrons. The maximum Gasteiger partial charge on any atom is 0.114 e. The predicted molar refractivity (Wildman–Crippen MR) is 132 cm³/mol. The first-order valence-electron chi connectivity index (χ1n) is 7.45. The normalized spacial score (nSPS) is 11.8. The van der Waals surface area contributed by atoms with Crippen LogP contribution in [0.25, 0.3) is 39.7 Å². The third-order valence-corrected chi connectivity index (χ3v) is 11.9. The molecule has 0 fully saturated rings. The second-order valence-electron chi connectivity index (χ2n) is 5.64. The third-order valence-electron chi connectivity index (χ3n) is 4.11. The summed E-state index contributed by atoms with van der Waals surface area (Å²) in [5, 5.41) is 4.25. The first kappa shape index (κ1) is 18.1. The van der Waals surface area contributed by atoms with E-state index in [1.165, 1.54) is 28.6 Å². The smallest absolute Gasteiger partial charge is 0.114 e. The van der Waals surface area contributed by atoms with E-state index in [1.807, 2.05) is 0 Å². The lowest BCUT2D eigenvalue weighted by Gasteiger charge is -2.11. The van der Waals surface area contributed by atoms with Gasteiger partial charge in [-0.25, -0.2) is 0 Å². The average Bonchev–Trinajstić information content (AvgIpc) is 3.35. The number of thiophene rings is 4. The molecule has 1 aromatic carbocycles. The van der Waals surface area contributed by atoms with Crippen LogP contribution in [-0.2, 0) is 0 Å². The fourth-order valence-corrected chi connectivity index (χ4v) is 10.1. The van der Waals surface area contributed by atoms with Crippen LogP contribution in [-0.4, -0.2) is 7.85 Å². The molecule has 26 heavy (non-hydrogen) atoms. The Morgan fingerprint density at radius 3 is 1.81 bits per heavy atom. The van der Waals surface area contributed by atoms with E-state index in [-0.39, 0.29) is 0 Å². The maximum absolute atomic E-state index is 6.50. The fourth-order valence-electron chi connectivity index (χ4n) is 2.90. The number of hydrogen-bond acceptors (Lipinski definition) is 4. The molecule has 0 saturated heterocycles. The van der Waals surface area contributed by atoms with Gasteiger partial charge in [0.15, 0.2) is 0 Å². The van der Waals surface area contributed by atoms with Gasteiger partial charge in [-0.15, -0.1) is 45.3 Å². The monoisotopic (exact) mass is 598 g/mol. The first-order valence-corrected chi connectivity index (χ1v) is 13.2. The molecule has 0 aliphatic heterocycles. The topological polar surface area (TPSA) is 0 Å². The van der Waals surface area contributed by atoms with Gasteiger partial charge in [0.25, 0.3) is 0 Å². The van der Waals surface area contributed by atoms with E-state index in [4.69, 9.17) is 7.85 Å². The van der Waals surface area contributed by atoms with Crippen LogP contribution in [0.4, 0.5) is 0 Å². The molecule has 0 aliphatic carbocycles. The predicted octanol–water partition coefficient (Wildman–Crippen LogP) is 8.65. The highest BCUT2D eigenvalue weighted by atomic mass is 79.9. The lowest BCUT2D eigenvalue weighted by atomic mass is 9.88. The van der Waals surface area contributed by atoms with E-state index < -0.39 is 0 Å². The van der Waals surface area contributed by atoms with Crippen molar-refractivity contribution in [2.45, 2.75) is 0 Å². The second kappa shape index (κ2) is 6.83. The van der Waals surface area contributed by atoms with Crippen molar-refractivity contribution in [3.05, 3.63) is 48.4 Å². The van der Waals surface area contributed by atoms with Gasteiger partial charge >= 0.3 is 0 Å². The Hall–Kier alpha value is 0.0449. The SMILES string of the molecule is [B]c1cc(-c2sc3ccsc3c2Br)c(Br)cc1-c1sc2ccsc2c1Br. The van der Waals surface area contributed by atoms with Gasteiger partial charge in [0.05, 0.1) is 28.1 Å². The molecule has 5 aromatic rings. The van der Waals surface area contributed by atoms with Crippen LogP contribution in [0.3, 0.4) is 0 Å². The molecule has 0 spiro atoms. The third kappa shape index (κ3) is 2.76. The average molecular weight is 601 g/mol. The summed E-state index contributed by atoms with van der Waals surface area (Å²) in [4.78, 5) is 2.39. The van der Waals surface area contributed by atoms with E-state index >= 15 is 0 Å². The molecule has 0 saturated carbocycles. The van der Waals surface area contributed by atoms with Crippen molar-refractivity contribution >= 4 is 125 Å². The lowest BCUT2D eigenvalue weighted by Crippen LogP contribution is -2.07. The summed E-state index contributed by atoms with van der Waals surface area (Å²) in [6, 6.07) is 8.55. The number of halogens is 3. The second-order valence-corrected chi connectivity index (χ2v) is 12.0. The molecule has 126 valence electrons. The summed E-state index contributed by atoms with van der Waals surface area (Å²) in [5.74, 6) is 0. The molecule has 4 aromatic heterocycles. The Kier molecular flexibility index (Phi) is 4.75. The highest BCUT2D eigenvalue weighted by Gasteiger charge is 2.19. The van der Waals surface area contributed by atoms with Crippen LogP contribution in [0, 0.1) is 0 Å². The number of fused-ring (bicyclic) bond motifs is 2. The summed E-state index contributed by atoms with van der Waals surface area (Å²) in [6.07, 6.45) is 0. The number of rotatable bonds is 2. The zero-order valence-electron chi connectivity index (χ0n) is 12.8. The lowest BCUT2D eigenvalue weighted by molar-refractivity contribution is 1.67. The molecule has 0 amide bonds. The summed E-state index contributed by atoms with van der Waals surface area (Å²) in [7, 11) is 6.50. The molecule has 8 heteroatoms. The van der Waals surface area contributed by atoms with Gasteiger partial charge in [-0.05, 0) is 66.4 Å². The van der Waals surface area contributed by atoms with Crippen molar-refractivity contribution in [3.63, 3.8) is 0 Å². The van der Waals surface area contributed by atoms with E-state index in [1.54, 1.807) is 45.3 Å². The van der Waals surface area contributed by atoms with E-state index in [9.17, 15) is 0 Å². The minimum atomic E-state index is 0.793. The summed E-state index contributed by atoms with van der Waals surface area (Å²) < 4.78 is 8.51. The van der Waals surface area contributed by atoms with Gasteiger partial charge < -0.3 is 0 Å². The van der Waals surface area contributed by atoms with Crippen LogP contribution < -0.4 is 5.46 Å². The van der Waals surface area contributed by atoms with E-state index in [0.29, 0.717) is 0 Å². The van der Waals surface area contributed by atoms with Gasteiger partial charge in [0.1, 0.15) is 7.85 Å². The highest BCUT2D eigenvalue weighted by molar-refractivity contribution is 9.11. The molecule has 0 atom stereocenters. The van der Waals surface area contributed by atoms with Crippen LogP contribution in [0.15, 0.2) is 48.4 Å². The molecular formula is C18H6BBr3S4. The molecule has 5 rings (SSSR count). The van der Waals surface area contributed by atoms with Crippen LogP contribution >= 0.6 is 93.1 Å². The van der Waals surface area contributed by atoms with Crippen LogP contribution in [0.1, 0.15) is 0 Å². The largest absolute Gasteiger partial charge is 0.142 e. The summed E-state index contributed by atoms with van der Waals surface area (Å²) >= 11 is 18.4. The fraction of sp³-hybridized carbons (Fsp3) is 0. The van der Waals surface area contributed by atoms with Crippen molar-refractivity contribution in [1.29, 1.82) is 0 Å². The van der Waals surface area contributed by atoms with E-state index in [2.05, 4.69) is 82.8 Å². The minimum absolute atomic E-state index is 0.793. The molecule has 0 bridgehead atoms. The quantitative estimate of drug-likeness (QED) is 0.178. The minimum Gasteiger partial charge on any atom is -0.142 e. The van der Waals surface area contributed by atoms with Crippen LogP contribution in [0.5, 0.6) is 0 Å². The zero-order chi connectivity index (χ0) is 18.0. The van der Waals surface area contributed by atoms with Crippen molar-refractivity contribution in [3.8, 4) is 20.9 Å². The highest BCUT2D eigenvalue weighted by Crippen LogP contribution is 2.48. The van der Waals surface area contributed by atoms with Gasteiger partial charge in [0.2, 0.25) is 0 Å². The van der Waals surface area contributed by atoms with Gasteiger partial charge in [-0.3, -0.25) is 0 Å². The Morgan fingerprint density at radius 2 is 1.27 bits per heavy atom. The Morgan fingerprint density at radius 1 is 0.731 bits per heavy atom. The Bertz CT molecular complexity index is 1190. The van der Waals surface area contributed by atoms with Crippen molar-refractivity contribution in [1.82, 2.24) is 0 Å². The van der Waals surface area contributed by atoms with Crippen LogP contribution in [0.2, 0.25) is 0 Å². The Labute approximate surface area is 192 Å². The zero-order valence-corrected chi connectivity index (χ0v) is 20.8. The Balaban J connectivity index is 1.70. The number of benzene rings is 1. The van der Waals surface area contributed by atoms with Crippen molar-refractivity contribution in [2.24, 2.45) is 0 Å². The standard InChI is InChI=1S/C18H6BBr3S4/c19-9-5-8(16-14(22)18-12(26-16)2-4-24-18)10(20)6-7(9)15-13(21)17-11(25-15)1-3-23-17/h1-6H. The molecule has 0 unspecified atom stereocenters. The molecular weight excluding hydrogens is 595 g/mol. The maximum atomic E-state index is 6.50. The molecule has 0 aliphatic rings. The van der Waals surface area contributed by atoms with E-state index in [0.717, 1.165) is 30.0 Å². The van der Waals surface area contributed by atoms with Gasteiger partial charge in [-0.2, -0.15) is 0 Å². The van der Waals surface area contributed by atoms with Gasteiger partial charge in [-0.1, -0.05) is 27.5 Å². The van der Waals surface area contributed by atoms with Crippen molar-refractivity contribution < 1.29 is 0 Å². The summed E-state index contributed by atoms with van der Waals surface area (Å²) in [5.41, 5.74) is 2.98. The molecule has 0 N–H and O–H groups in total. The molecule has 0 nitrogen and oxygen atoms in total. The molecule has 4 heterocycles. The number of hydrogen-bond donors (Lipinski definition) is 0. The summed E-state index contributed by atoms with van der Waals surface area (Å²) in [6.45, 7) is 0. The van der Waals surface area contributed by atoms with Crippen molar-refractivity contribution in [2.75, 3.05) is 0 Å².